The van der Waals surface area contributed by atoms with Gasteiger partial charge in [-0.05, 0) is 19.1 Å². The molecule has 6 nitrogen and oxygen atoms in total. The number of ether oxygens (including phenoxy) is 1. The minimum Gasteiger partial charge on any atom is -0.461 e. The fourth-order valence-electron chi connectivity index (χ4n) is 2.22. The van der Waals surface area contributed by atoms with E-state index in [0.717, 1.165) is 34.8 Å². The van der Waals surface area contributed by atoms with E-state index in [9.17, 15) is 4.79 Å². The third-order valence-electron chi connectivity index (χ3n) is 3.29. The highest BCUT2D eigenvalue weighted by molar-refractivity contribution is 7.09. The van der Waals surface area contributed by atoms with Crippen molar-refractivity contribution >= 4 is 28.3 Å². The van der Waals surface area contributed by atoms with Crippen molar-refractivity contribution in [2.45, 2.75) is 19.9 Å². The van der Waals surface area contributed by atoms with Crippen molar-refractivity contribution in [2.24, 2.45) is 0 Å². The van der Waals surface area contributed by atoms with E-state index in [1.807, 2.05) is 24.3 Å². The van der Waals surface area contributed by atoms with Crippen LogP contribution in [0.3, 0.4) is 0 Å². The number of benzene rings is 1. The summed E-state index contributed by atoms with van der Waals surface area (Å²) in [7, 11) is 0. The van der Waals surface area contributed by atoms with Crippen LogP contribution in [0.2, 0.25) is 0 Å². The zero-order valence-corrected chi connectivity index (χ0v) is 13.7. The number of hydrogen-bond acceptors (Lipinski definition) is 6. The summed E-state index contributed by atoms with van der Waals surface area (Å²) in [4.78, 5) is 23.7. The third-order valence-corrected chi connectivity index (χ3v) is 4.14. The predicted octanol–water partition coefficient (Wildman–Crippen LogP) is 2.53. The van der Waals surface area contributed by atoms with Crippen LogP contribution in [0.15, 0.2) is 29.6 Å². The maximum absolute atomic E-state index is 11.5. The minimum absolute atomic E-state index is 0.363. The highest BCUT2D eigenvalue weighted by Crippen LogP contribution is 2.12. The van der Waals surface area contributed by atoms with Gasteiger partial charge in [0, 0.05) is 24.9 Å². The molecule has 3 aromatic rings. The van der Waals surface area contributed by atoms with Gasteiger partial charge in [-0.15, -0.1) is 11.3 Å². The largest absolute Gasteiger partial charge is 0.461 e. The first-order chi connectivity index (χ1) is 11.3. The van der Waals surface area contributed by atoms with Gasteiger partial charge in [0.15, 0.2) is 5.69 Å². The number of aromatic amines is 1. The Kier molecular flexibility index (Phi) is 4.99. The number of nitrogens with one attached hydrogen (secondary N) is 2. The number of carbonyl (C=O) groups excluding carboxylic acids is 1. The zero-order valence-electron chi connectivity index (χ0n) is 12.8. The van der Waals surface area contributed by atoms with Crippen LogP contribution in [0.5, 0.6) is 0 Å². The molecule has 7 heteroatoms. The summed E-state index contributed by atoms with van der Waals surface area (Å²) in [6, 6.07) is 7.99. The molecule has 1 aromatic carbocycles. The molecule has 3 rings (SSSR count). The van der Waals surface area contributed by atoms with Crippen molar-refractivity contribution < 1.29 is 9.53 Å². The molecule has 23 heavy (non-hydrogen) atoms. The summed E-state index contributed by atoms with van der Waals surface area (Å²) in [5.41, 5.74) is 2.42. The highest BCUT2D eigenvalue weighted by Gasteiger charge is 2.11. The smallest absolute Gasteiger partial charge is 0.357 e. The van der Waals surface area contributed by atoms with Crippen LogP contribution in [0, 0.1) is 0 Å². The molecule has 2 heterocycles. The highest BCUT2D eigenvalue weighted by atomic mass is 32.1. The number of aromatic nitrogens is 3. The summed E-state index contributed by atoms with van der Waals surface area (Å²) >= 11 is 1.46. The Balaban J connectivity index is 1.47. The van der Waals surface area contributed by atoms with Gasteiger partial charge in [0.1, 0.15) is 10.8 Å². The Morgan fingerprint density at radius 1 is 1.35 bits per heavy atom. The summed E-state index contributed by atoms with van der Waals surface area (Å²) in [5, 5.41) is 5.92. The van der Waals surface area contributed by atoms with Crippen LogP contribution in [0.4, 0.5) is 0 Å². The van der Waals surface area contributed by atoms with E-state index >= 15 is 0 Å². The number of H-pyrrole nitrogens is 1. The maximum Gasteiger partial charge on any atom is 0.357 e. The Bertz CT molecular complexity index is 763. The van der Waals surface area contributed by atoms with Gasteiger partial charge in [-0.1, -0.05) is 12.1 Å². The fourth-order valence-corrected chi connectivity index (χ4v) is 2.95. The molecular formula is C16H18N4O2S. The molecule has 0 aliphatic carbocycles. The number of rotatable bonds is 7. The number of carbonyl (C=O) groups is 1. The van der Waals surface area contributed by atoms with Crippen molar-refractivity contribution in [3.8, 4) is 0 Å². The Morgan fingerprint density at radius 3 is 3.04 bits per heavy atom. The van der Waals surface area contributed by atoms with E-state index in [4.69, 9.17) is 4.74 Å². The lowest BCUT2D eigenvalue weighted by atomic mass is 10.3. The van der Waals surface area contributed by atoms with Crippen LogP contribution in [-0.4, -0.2) is 34.1 Å². The topological polar surface area (TPSA) is 79.9 Å². The zero-order chi connectivity index (χ0) is 16.1. The number of hydrogen-bond donors (Lipinski definition) is 2. The van der Waals surface area contributed by atoms with Gasteiger partial charge >= 0.3 is 5.97 Å². The van der Waals surface area contributed by atoms with E-state index < -0.39 is 0 Å². The molecule has 2 N–H and O–H groups in total. The normalized spacial score (nSPS) is 11.0. The van der Waals surface area contributed by atoms with Gasteiger partial charge in [0.25, 0.3) is 0 Å². The lowest BCUT2D eigenvalue weighted by Gasteiger charge is -2.00. The summed E-state index contributed by atoms with van der Waals surface area (Å²) in [5.74, 6) is 0.599. The fraction of sp³-hybridized carbons (Fsp3) is 0.312. The summed E-state index contributed by atoms with van der Waals surface area (Å²) in [6.45, 7) is 3.56. The molecule has 2 aromatic heterocycles. The second-order valence-corrected chi connectivity index (χ2v) is 5.92. The molecule has 0 amide bonds. The number of imidazole rings is 1. The van der Waals surface area contributed by atoms with Crippen molar-refractivity contribution in [2.75, 3.05) is 13.2 Å². The molecule has 0 aliphatic rings. The first kappa shape index (κ1) is 15.6. The van der Waals surface area contributed by atoms with E-state index in [-0.39, 0.29) is 5.97 Å². The maximum atomic E-state index is 11.5. The van der Waals surface area contributed by atoms with E-state index in [1.54, 1.807) is 12.3 Å². The Morgan fingerprint density at radius 2 is 2.22 bits per heavy atom. The molecule has 0 aliphatic heterocycles. The third kappa shape index (κ3) is 3.94. The Hall–Kier alpha value is -2.25. The summed E-state index contributed by atoms with van der Waals surface area (Å²) < 4.78 is 4.93. The molecule has 0 unspecified atom stereocenters. The molecular weight excluding hydrogens is 312 g/mol. The minimum atomic E-state index is -0.364. The molecule has 0 saturated heterocycles. The van der Waals surface area contributed by atoms with Gasteiger partial charge < -0.3 is 15.0 Å². The quantitative estimate of drug-likeness (QED) is 0.514. The van der Waals surface area contributed by atoms with Gasteiger partial charge in [-0.2, -0.15) is 0 Å². The monoisotopic (exact) mass is 330 g/mol. The lowest BCUT2D eigenvalue weighted by Crippen LogP contribution is -2.17. The average molecular weight is 330 g/mol. The average Bonchev–Trinajstić information content (AvgIpc) is 3.18. The number of para-hydroxylation sites is 2. The van der Waals surface area contributed by atoms with E-state index in [1.165, 1.54) is 11.3 Å². The number of nitrogens with zero attached hydrogens (tertiary/aromatic N) is 2. The molecule has 0 saturated carbocycles. The van der Waals surface area contributed by atoms with Crippen molar-refractivity contribution in [1.82, 2.24) is 20.3 Å². The lowest BCUT2D eigenvalue weighted by molar-refractivity contribution is 0.0520. The van der Waals surface area contributed by atoms with Crippen LogP contribution in [0.25, 0.3) is 11.0 Å². The van der Waals surface area contributed by atoms with Crippen LogP contribution in [0.1, 0.15) is 28.2 Å². The molecule has 0 bridgehead atoms. The first-order valence-corrected chi connectivity index (χ1v) is 8.40. The molecule has 0 fully saturated rings. The molecule has 120 valence electrons. The predicted molar refractivity (Wildman–Crippen MR) is 89.6 cm³/mol. The second kappa shape index (κ2) is 7.34. The van der Waals surface area contributed by atoms with Gasteiger partial charge in [0.05, 0.1) is 17.6 Å². The number of thiazole rings is 1. The second-order valence-electron chi connectivity index (χ2n) is 4.97. The van der Waals surface area contributed by atoms with Crippen molar-refractivity contribution in [1.29, 1.82) is 0 Å². The van der Waals surface area contributed by atoms with Crippen LogP contribution < -0.4 is 5.32 Å². The Labute approximate surface area is 137 Å². The molecule has 0 spiro atoms. The summed E-state index contributed by atoms with van der Waals surface area (Å²) in [6.07, 6.45) is 0.810. The van der Waals surface area contributed by atoms with Crippen molar-refractivity contribution in [3.05, 3.63) is 46.2 Å². The van der Waals surface area contributed by atoms with Gasteiger partial charge in [-0.25, -0.2) is 14.8 Å². The van der Waals surface area contributed by atoms with Crippen molar-refractivity contribution in [3.63, 3.8) is 0 Å². The number of fused-ring (bicyclic) bond motifs is 1. The van der Waals surface area contributed by atoms with Gasteiger partial charge in [0.2, 0.25) is 0 Å². The number of esters is 1. The van der Waals surface area contributed by atoms with E-state index in [0.29, 0.717) is 18.8 Å². The standard InChI is InChI=1S/C16H18N4O2S/c1-2-22-16(21)13-10-23-15(20-13)9-17-8-7-14-18-11-5-3-4-6-12(11)19-14/h3-6,10,17H,2,7-9H2,1H3,(H,18,19). The van der Waals surface area contributed by atoms with E-state index in [2.05, 4.69) is 20.3 Å². The van der Waals surface area contributed by atoms with Crippen LogP contribution >= 0.6 is 11.3 Å². The first-order valence-electron chi connectivity index (χ1n) is 7.52. The SMILES string of the molecule is CCOC(=O)c1csc(CNCCc2nc3ccccc3[nH]2)n1. The molecule has 0 radical (unpaired) electrons. The van der Waals surface area contributed by atoms with Gasteiger partial charge in [-0.3, -0.25) is 0 Å². The van der Waals surface area contributed by atoms with Crippen LogP contribution in [-0.2, 0) is 17.7 Å². The molecule has 0 atom stereocenters.